The number of carbonyl (C=O) groups is 1. The predicted molar refractivity (Wildman–Crippen MR) is 79.8 cm³/mol. The van der Waals surface area contributed by atoms with E-state index in [1.807, 2.05) is 0 Å². The van der Waals surface area contributed by atoms with Crippen molar-refractivity contribution in [2.24, 2.45) is 0 Å². The number of carbonyl (C=O) groups excluding carboxylic acids is 1. The normalized spacial score (nSPS) is 23.3. The third-order valence-corrected chi connectivity index (χ3v) is 4.58. The van der Waals surface area contributed by atoms with Gasteiger partial charge in [0, 0.05) is 31.4 Å². The van der Waals surface area contributed by atoms with Gasteiger partial charge in [-0.1, -0.05) is 11.6 Å². The van der Waals surface area contributed by atoms with Gasteiger partial charge < -0.3 is 10.1 Å². The highest BCUT2D eigenvalue weighted by atomic mass is 35.5. The summed E-state index contributed by atoms with van der Waals surface area (Å²) in [6, 6.07) is 0.248. The van der Waals surface area contributed by atoms with Crippen molar-refractivity contribution in [1.82, 2.24) is 25.2 Å². The molecule has 2 atom stereocenters. The molecule has 7 nitrogen and oxygen atoms in total. The number of rotatable bonds is 1. The Labute approximate surface area is 135 Å². The molecule has 4 rings (SSSR count). The molecule has 2 fully saturated rings. The van der Waals surface area contributed by atoms with Gasteiger partial charge in [-0.3, -0.25) is 4.90 Å². The standard InChI is InChI=1S/C14H13ClFN5O2/c15-12-10(16)11-9(5-18-12)13(20-6-19-11)23-14(22)21-7-1-2-8(21)4-17-3-7/h5-8,17H,1-4H2. The lowest BCUT2D eigenvalue weighted by atomic mass is 10.2. The second-order valence-electron chi connectivity index (χ2n) is 5.62. The number of fused-ring (bicyclic) bond motifs is 3. The zero-order chi connectivity index (χ0) is 16.0. The first-order valence-electron chi connectivity index (χ1n) is 7.30. The van der Waals surface area contributed by atoms with Gasteiger partial charge in [0.05, 0.1) is 5.39 Å². The van der Waals surface area contributed by atoms with Gasteiger partial charge in [-0.25, -0.2) is 24.1 Å². The maximum Gasteiger partial charge on any atom is 0.417 e. The van der Waals surface area contributed by atoms with Crippen molar-refractivity contribution in [2.75, 3.05) is 13.1 Å². The third kappa shape index (κ3) is 2.38. The first-order chi connectivity index (χ1) is 11.1. The summed E-state index contributed by atoms with van der Waals surface area (Å²) >= 11 is 5.64. The molecular formula is C14H13ClFN5O2. The molecular weight excluding hydrogens is 325 g/mol. The van der Waals surface area contributed by atoms with Crippen molar-refractivity contribution in [2.45, 2.75) is 24.9 Å². The van der Waals surface area contributed by atoms with E-state index < -0.39 is 11.9 Å². The van der Waals surface area contributed by atoms with Crippen LogP contribution in [0.5, 0.6) is 5.88 Å². The first kappa shape index (κ1) is 14.5. The van der Waals surface area contributed by atoms with Gasteiger partial charge in [0.15, 0.2) is 11.0 Å². The van der Waals surface area contributed by atoms with Gasteiger partial charge in [0.25, 0.3) is 0 Å². The smallest absolute Gasteiger partial charge is 0.390 e. The van der Waals surface area contributed by atoms with E-state index in [1.165, 1.54) is 6.20 Å². The molecule has 0 saturated carbocycles. The first-order valence-corrected chi connectivity index (χ1v) is 7.68. The Kier molecular flexibility index (Phi) is 3.50. The molecule has 0 radical (unpaired) electrons. The van der Waals surface area contributed by atoms with E-state index in [-0.39, 0.29) is 34.0 Å². The number of amides is 1. The number of piperazine rings is 1. The number of halogens is 2. The van der Waals surface area contributed by atoms with Crippen LogP contribution in [0.2, 0.25) is 5.15 Å². The highest BCUT2D eigenvalue weighted by molar-refractivity contribution is 6.30. The quantitative estimate of drug-likeness (QED) is 0.799. The average Bonchev–Trinajstić information content (AvgIpc) is 2.81. The van der Waals surface area contributed by atoms with Gasteiger partial charge in [-0.2, -0.15) is 0 Å². The zero-order valence-electron chi connectivity index (χ0n) is 12.0. The van der Waals surface area contributed by atoms with Crippen molar-refractivity contribution in [1.29, 1.82) is 0 Å². The fourth-order valence-electron chi connectivity index (χ4n) is 3.24. The second kappa shape index (κ2) is 5.54. The van der Waals surface area contributed by atoms with Crippen molar-refractivity contribution in [3.63, 3.8) is 0 Å². The SMILES string of the molecule is O=C(Oc1ncnc2c(F)c(Cl)ncc12)N1C2CCC1CNC2. The summed E-state index contributed by atoms with van der Waals surface area (Å²) in [6.07, 6.45) is 3.85. The Morgan fingerprint density at radius 1 is 1.30 bits per heavy atom. The molecule has 120 valence electrons. The van der Waals surface area contributed by atoms with Crippen molar-refractivity contribution < 1.29 is 13.9 Å². The van der Waals surface area contributed by atoms with Crippen LogP contribution in [0, 0.1) is 5.82 Å². The van der Waals surface area contributed by atoms with Crippen LogP contribution in [0.1, 0.15) is 12.8 Å². The van der Waals surface area contributed by atoms with E-state index in [2.05, 4.69) is 20.3 Å². The lowest BCUT2D eigenvalue weighted by Gasteiger charge is -2.34. The summed E-state index contributed by atoms with van der Waals surface area (Å²) in [6.45, 7) is 1.50. The average molecular weight is 338 g/mol. The van der Waals surface area contributed by atoms with E-state index in [0.29, 0.717) is 0 Å². The fraction of sp³-hybridized carbons (Fsp3) is 0.429. The molecule has 9 heteroatoms. The van der Waals surface area contributed by atoms with Crippen molar-refractivity contribution >= 4 is 28.6 Å². The summed E-state index contributed by atoms with van der Waals surface area (Å²) in [7, 11) is 0. The minimum absolute atomic E-state index is 0.0130. The van der Waals surface area contributed by atoms with Crippen LogP contribution in [0.3, 0.4) is 0 Å². The number of hydrogen-bond acceptors (Lipinski definition) is 6. The number of pyridine rings is 1. The second-order valence-corrected chi connectivity index (χ2v) is 5.98. The lowest BCUT2D eigenvalue weighted by molar-refractivity contribution is 0.114. The van der Waals surface area contributed by atoms with Gasteiger partial charge >= 0.3 is 6.09 Å². The molecule has 1 N–H and O–H groups in total. The predicted octanol–water partition coefficient (Wildman–Crippen LogP) is 1.75. The summed E-state index contributed by atoms with van der Waals surface area (Å²) < 4.78 is 19.4. The molecule has 2 saturated heterocycles. The molecule has 2 aliphatic rings. The van der Waals surface area contributed by atoms with Crippen LogP contribution in [0.25, 0.3) is 10.9 Å². The van der Waals surface area contributed by atoms with E-state index in [4.69, 9.17) is 16.3 Å². The third-order valence-electron chi connectivity index (χ3n) is 4.32. The van der Waals surface area contributed by atoms with Gasteiger partial charge in [-0.05, 0) is 12.8 Å². The van der Waals surface area contributed by atoms with Gasteiger partial charge in [0.1, 0.15) is 11.8 Å². The molecule has 1 amide bonds. The number of aromatic nitrogens is 3. The summed E-state index contributed by atoms with van der Waals surface area (Å²) in [5.74, 6) is -0.771. The van der Waals surface area contributed by atoms with Crippen LogP contribution in [-0.4, -0.2) is 51.1 Å². The fourth-order valence-corrected chi connectivity index (χ4v) is 3.38. The largest absolute Gasteiger partial charge is 0.417 e. The number of nitrogens with zero attached hydrogens (tertiary/aromatic N) is 4. The summed E-state index contributed by atoms with van der Waals surface area (Å²) in [4.78, 5) is 25.7. The molecule has 2 aromatic rings. The minimum atomic E-state index is -0.758. The Morgan fingerprint density at radius 2 is 2.04 bits per heavy atom. The minimum Gasteiger partial charge on any atom is -0.390 e. The Hall–Kier alpha value is -2.06. The molecule has 4 heterocycles. The van der Waals surface area contributed by atoms with Crippen LogP contribution in [-0.2, 0) is 0 Å². The van der Waals surface area contributed by atoms with Crippen molar-refractivity contribution in [3.05, 3.63) is 23.5 Å². The Balaban J connectivity index is 1.65. The topological polar surface area (TPSA) is 80.2 Å². The van der Waals surface area contributed by atoms with Gasteiger partial charge in [-0.15, -0.1) is 0 Å². The van der Waals surface area contributed by atoms with Crippen LogP contribution in [0.4, 0.5) is 9.18 Å². The van der Waals surface area contributed by atoms with Crippen LogP contribution in [0.15, 0.2) is 12.5 Å². The maximum atomic E-state index is 14.0. The highest BCUT2D eigenvalue weighted by Crippen LogP contribution is 2.30. The number of hydrogen-bond donors (Lipinski definition) is 1. The van der Waals surface area contributed by atoms with E-state index in [0.717, 1.165) is 32.3 Å². The van der Waals surface area contributed by atoms with E-state index >= 15 is 0 Å². The molecule has 2 bridgehead atoms. The molecule has 2 aromatic heterocycles. The van der Waals surface area contributed by atoms with Crippen molar-refractivity contribution in [3.8, 4) is 5.88 Å². The summed E-state index contributed by atoms with van der Waals surface area (Å²) in [5, 5.41) is 3.22. The molecule has 0 spiro atoms. The Bertz CT molecular complexity index is 773. The van der Waals surface area contributed by atoms with Gasteiger partial charge in [0.2, 0.25) is 5.88 Å². The molecule has 23 heavy (non-hydrogen) atoms. The molecule has 2 unspecified atom stereocenters. The maximum absolute atomic E-state index is 14.0. The van der Waals surface area contributed by atoms with Crippen LogP contribution >= 0.6 is 11.6 Å². The number of ether oxygens (including phenoxy) is 1. The van der Waals surface area contributed by atoms with E-state index in [1.54, 1.807) is 4.90 Å². The lowest BCUT2D eigenvalue weighted by Crippen LogP contribution is -2.55. The van der Waals surface area contributed by atoms with E-state index in [9.17, 15) is 9.18 Å². The highest BCUT2D eigenvalue weighted by Gasteiger charge is 2.40. The molecule has 2 aliphatic heterocycles. The molecule has 0 aliphatic carbocycles. The number of nitrogens with one attached hydrogen (secondary N) is 1. The monoisotopic (exact) mass is 337 g/mol. The van der Waals surface area contributed by atoms with Crippen LogP contribution < -0.4 is 10.1 Å². The summed E-state index contributed by atoms with van der Waals surface area (Å²) in [5.41, 5.74) is -0.0221. The Morgan fingerprint density at radius 3 is 2.78 bits per heavy atom. The zero-order valence-corrected chi connectivity index (χ0v) is 12.8. The molecule has 0 aromatic carbocycles.